The molecule has 2 N–H and O–H groups in total. The van der Waals surface area contributed by atoms with Crippen LogP contribution in [-0.2, 0) is 11.3 Å². The van der Waals surface area contributed by atoms with Gasteiger partial charge >= 0.3 is 5.97 Å². The summed E-state index contributed by atoms with van der Waals surface area (Å²) in [4.78, 5) is 11.0. The van der Waals surface area contributed by atoms with E-state index in [4.69, 9.17) is 16.7 Å². The Morgan fingerprint density at radius 1 is 1.53 bits per heavy atom. The smallest absolute Gasteiger partial charge is 0.320 e. The largest absolute Gasteiger partial charge is 0.480 e. The topological polar surface area (TPSA) is 49.3 Å². The number of hydrogen-bond acceptors (Lipinski definition) is 3. The van der Waals surface area contributed by atoms with E-state index in [9.17, 15) is 4.79 Å². The zero-order valence-electron chi connectivity index (χ0n) is 9.65. The standard InChI is InChI=1S/C12H16ClNO2S/c1-17-7-6-11(12(15)16)14-8-9-4-2-3-5-10(9)13/h2-5,11,14H,6-8H2,1H3,(H,15,16). The summed E-state index contributed by atoms with van der Waals surface area (Å²) in [6.07, 6.45) is 2.58. The maximum absolute atomic E-state index is 11.0. The van der Waals surface area contributed by atoms with E-state index >= 15 is 0 Å². The predicted molar refractivity (Wildman–Crippen MR) is 72.7 cm³/mol. The number of halogens is 1. The van der Waals surface area contributed by atoms with Crippen molar-refractivity contribution >= 4 is 29.3 Å². The lowest BCUT2D eigenvalue weighted by Crippen LogP contribution is -2.36. The van der Waals surface area contributed by atoms with E-state index in [2.05, 4.69) is 5.32 Å². The zero-order valence-corrected chi connectivity index (χ0v) is 11.2. The van der Waals surface area contributed by atoms with Gasteiger partial charge in [0.2, 0.25) is 0 Å². The summed E-state index contributed by atoms with van der Waals surface area (Å²) in [5.74, 6) is 0.0121. The van der Waals surface area contributed by atoms with E-state index in [1.165, 1.54) is 0 Å². The molecule has 0 fully saturated rings. The first kappa shape index (κ1) is 14.4. The second-order valence-corrected chi connectivity index (χ2v) is 5.04. The van der Waals surface area contributed by atoms with Gasteiger partial charge in [-0.2, -0.15) is 11.8 Å². The van der Waals surface area contributed by atoms with Gasteiger partial charge in [0.05, 0.1) is 0 Å². The number of hydrogen-bond donors (Lipinski definition) is 2. The predicted octanol–water partition coefficient (Wildman–Crippen LogP) is 2.64. The molecule has 0 spiro atoms. The number of carboxylic acid groups (broad SMARTS) is 1. The van der Waals surface area contributed by atoms with E-state index in [-0.39, 0.29) is 0 Å². The van der Waals surface area contributed by atoms with Crippen molar-refractivity contribution in [2.45, 2.75) is 19.0 Å². The number of rotatable bonds is 7. The van der Waals surface area contributed by atoms with Gasteiger partial charge in [0.25, 0.3) is 0 Å². The van der Waals surface area contributed by atoms with Crippen molar-refractivity contribution in [3.8, 4) is 0 Å². The molecule has 0 heterocycles. The summed E-state index contributed by atoms with van der Waals surface area (Å²) in [7, 11) is 0. The Bertz CT molecular complexity index is 373. The molecule has 0 radical (unpaired) electrons. The number of nitrogens with one attached hydrogen (secondary N) is 1. The van der Waals surface area contributed by atoms with Crippen LogP contribution in [0.3, 0.4) is 0 Å². The van der Waals surface area contributed by atoms with Crippen LogP contribution < -0.4 is 5.32 Å². The lowest BCUT2D eigenvalue weighted by atomic mass is 10.2. The Kier molecular flexibility index (Phi) is 6.40. The van der Waals surface area contributed by atoms with Crippen LogP contribution in [0.15, 0.2) is 24.3 Å². The van der Waals surface area contributed by atoms with Crippen molar-refractivity contribution in [3.63, 3.8) is 0 Å². The van der Waals surface area contributed by atoms with E-state index in [0.717, 1.165) is 11.3 Å². The number of carbonyl (C=O) groups is 1. The van der Waals surface area contributed by atoms with Gasteiger partial charge < -0.3 is 10.4 Å². The summed E-state index contributed by atoms with van der Waals surface area (Å²) in [6, 6.07) is 6.92. The molecule has 0 aromatic heterocycles. The molecule has 0 aliphatic heterocycles. The molecule has 1 rings (SSSR count). The molecule has 1 unspecified atom stereocenters. The fraction of sp³-hybridized carbons (Fsp3) is 0.417. The molecule has 94 valence electrons. The minimum atomic E-state index is -0.814. The van der Waals surface area contributed by atoms with Crippen LogP contribution in [0.4, 0.5) is 0 Å². The van der Waals surface area contributed by atoms with Crippen molar-refractivity contribution in [3.05, 3.63) is 34.9 Å². The van der Waals surface area contributed by atoms with Crippen LogP contribution in [-0.4, -0.2) is 29.1 Å². The third-order valence-corrected chi connectivity index (χ3v) is 3.42. The van der Waals surface area contributed by atoms with Crippen molar-refractivity contribution < 1.29 is 9.90 Å². The lowest BCUT2D eigenvalue weighted by Gasteiger charge is -2.14. The molecule has 0 amide bonds. The Hall–Kier alpha value is -0.710. The van der Waals surface area contributed by atoms with Crippen molar-refractivity contribution in [1.29, 1.82) is 0 Å². The highest BCUT2D eigenvalue weighted by Gasteiger charge is 2.16. The quantitative estimate of drug-likeness (QED) is 0.802. The Morgan fingerprint density at radius 3 is 2.82 bits per heavy atom. The molecule has 0 aliphatic rings. The minimum Gasteiger partial charge on any atom is -0.480 e. The first-order chi connectivity index (χ1) is 8.15. The van der Waals surface area contributed by atoms with Crippen LogP contribution in [0.1, 0.15) is 12.0 Å². The molecular formula is C12H16ClNO2S. The third-order valence-electron chi connectivity index (χ3n) is 2.41. The third kappa shape index (κ3) is 4.98. The van der Waals surface area contributed by atoms with Crippen molar-refractivity contribution in [2.75, 3.05) is 12.0 Å². The monoisotopic (exact) mass is 273 g/mol. The lowest BCUT2D eigenvalue weighted by molar-refractivity contribution is -0.139. The summed E-state index contributed by atoms with van der Waals surface area (Å²) < 4.78 is 0. The van der Waals surface area contributed by atoms with Gasteiger partial charge in [-0.3, -0.25) is 4.79 Å². The van der Waals surface area contributed by atoms with Gasteiger partial charge in [0.1, 0.15) is 6.04 Å². The molecule has 0 saturated heterocycles. The molecule has 0 bridgehead atoms. The first-order valence-electron chi connectivity index (χ1n) is 5.33. The molecule has 3 nitrogen and oxygen atoms in total. The van der Waals surface area contributed by atoms with Gasteiger partial charge in [0, 0.05) is 11.6 Å². The molecule has 17 heavy (non-hydrogen) atoms. The Morgan fingerprint density at radius 2 is 2.24 bits per heavy atom. The summed E-state index contributed by atoms with van der Waals surface area (Å²) in [5, 5.41) is 12.7. The van der Waals surface area contributed by atoms with Gasteiger partial charge in [-0.1, -0.05) is 29.8 Å². The van der Waals surface area contributed by atoms with E-state index in [0.29, 0.717) is 18.0 Å². The highest BCUT2D eigenvalue weighted by atomic mass is 35.5. The zero-order chi connectivity index (χ0) is 12.7. The fourth-order valence-corrected chi connectivity index (χ4v) is 2.10. The highest BCUT2D eigenvalue weighted by Crippen LogP contribution is 2.14. The van der Waals surface area contributed by atoms with Gasteiger partial charge in [-0.15, -0.1) is 0 Å². The average molecular weight is 274 g/mol. The Balaban J connectivity index is 2.52. The maximum Gasteiger partial charge on any atom is 0.320 e. The molecular weight excluding hydrogens is 258 g/mol. The fourth-order valence-electron chi connectivity index (χ4n) is 1.42. The molecule has 0 aliphatic carbocycles. The summed E-state index contributed by atoms with van der Waals surface area (Å²) >= 11 is 7.64. The number of aliphatic carboxylic acids is 1. The van der Waals surface area contributed by atoms with Crippen LogP contribution >= 0.6 is 23.4 Å². The van der Waals surface area contributed by atoms with E-state index < -0.39 is 12.0 Å². The molecule has 1 aromatic rings. The van der Waals surface area contributed by atoms with Crippen LogP contribution in [0.5, 0.6) is 0 Å². The molecule has 5 heteroatoms. The van der Waals surface area contributed by atoms with E-state index in [1.807, 2.05) is 24.5 Å². The number of benzene rings is 1. The maximum atomic E-state index is 11.0. The summed E-state index contributed by atoms with van der Waals surface area (Å²) in [6.45, 7) is 0.477. The normalized spacial score (nSPS) is 12.4. The van der Waals surface area contributed by atoms with Crippen LogP contribution in [0, 0.1) is 0 Å². The highest BCUT2D eigenvalue weighted by molar-refractivity contribution is 7.98. The number of thioether (sulfide) groups is 1. The van der Waals surface area contributed by atoms with Crippen LogP contribution in [0.25, 0.3) is 0 Å². The molecule has 1 atom stereocenters. The SMILES string of the molecule is CSCCC(NCc1ccccc1Cl)C(=O)O. The van der Waals surface area contributed by atoms with Crippen LogP contribution in [0.2, 0.25) is 5.02 Å². The first-order valence-corrected chi connectivity index (χ1v) is 7.11. The molecule has 0 saturated carbocycles. The molecule has 1 aromatic carbocycles. The van der Waals surface area contributed by atoms with Gasteiger partial charge in [-0.05, 0) is 30.1 Å². The average Bonchev–Trinajstić information content (AvgIpc) is 2.31. The second kappa shape index (κ2) is 7.58. The van der Waals surface area contributed by atoms with Crippen molar-refractivity contribution in [1.82, 2.24) is 5.32 Å². The summed E-state index contributed by atoms with van der Waals surface area (Å²) in [5.41, 5.74) is 0.921. The second-order valence-electron chi connectivity index (χ2n) is 3.64. The van der Waals surface area contributed by atoms with Gasteiger partial charge in [-0.25, -0.2) is 0 Å². The van der Waals surface area contributed by atoms with E-state index in [1.54, 1.807) is 17.8 Å². The number of carboxylic acids is 1. The minimum absolute atomic E-state index is 0.477. The van der Waals surface area contributed by atoms with Crippen molar-refractivity contribution in [2.24, 2.45) is 0 Å². The Labute approximate surface area is 111 Å². The van der Waals surface area contributed by atoms with Gasteiger partial charge in [0.15, 0.2) is 0 Å².